The van der Waals surface area contributed by atoms with Crippen LogP contribution in [0.5, 0.6) is 0 Å². The van der Waals surface area contributed by atoms with Gasteiger partial charge >= 0.3 is 0 Å². The molecule has 2 heteroatoms. The first-order valence-electron chi connectivity index (χ1n) is 6.65. The first-order valence-corrected chi connectivity index (χ1v) is 7.29. The molecule has 1 nitrogen and oxygen atoms in total. The third-order valence-corrected chi connectivity index (χ3v) is 3.93. The zero-order valence-corrected chi connectivity index (χ0v) is 11.1. The predicted octanol–water partition coefficient (Wildman–Crippen LogP) is 3.74. The van der Waals surface area contributed by atoms with Gasteiger partial charge in [-0.15, -0.1) is 0 Å². The second-order valence-electron chi connectivity index (χ2n) is 4.91. The lowest BCUT2D eigenvalue weighted by Gasteiger charge is -2.26. The minimum absolute atomic E-state index is 0.878. The molecule has 0 radical (unpaired) electrons. The van der Waals surface area contributed by atoms with E-state index in [-0.39, 0.29) is 0 Å². The Hall–Kier alpha value is 0.310. The Morgan fingerprint density at radius 2 is 1.67 bits per heavy atom. The van der Waals surface area contributed by atoms with E-state index in [2.05, 4.69) is 24.6 Å². The van der Waals surface area contributed by atoms with Crippen LogP contribution in [0.4, 0.5) is 0 Å². The Bertz CT molecular complexity index is 141. The summed E-state index contributed by atoms with van der Waals surface area (Å²) in [5.74, 6) is 1.05. The summed E-state index contributed by atoms with van der Waals surface area (Å²) in [6, 6.07) is 0.878. The molecule has 0 saturated heterocycles. The number of hydrogen-bond acceptors (Lipinski definition) is 2. The molecule has 1 aliphatic rings. The van der Waals surface area contributed by atoms with Gasteiger partial charge in [0.25, 0.3) is 0 Å². The van der Waals surface area contributed by atoms with Crippen LogP contribution in [-0.4, -0.2) is 30.3 Å². The lowest BCUT2D eigenvalue weighted by atomic mass is 10.1. The molecule has 0 bridgehead atoms. The standard InChI is InChI=1S/C13H27NS/c1-14(11-7-4-8-12-15)13-9-5-2-3-6-10-13/h13,15H,2-12H2,1H3. The van der Waals surface area contributed by atoms with Crippen LogP contribution in [0, 0.1) is 0 Å². The topological polar surface area (TPSA) is 3.24 Å². The molecule has 0 aromatic heterocycles. The molecule has 1 fully saturated rings. The first-order chi connectivity index (χ1) is 7.34. The smallest absolute Gasteiger partial charge is 0.00922 e. The molecular weight excluding hydrogens is 202 g/mol. The lowest BCUT2D eigenvalue weighted by Crippen LogP contribution is -2.32. The van der Waals surface area contributed by atoms with Crippen LogP contribution in [0.25, 0.3) is 0 Å². The molecule has 0 N–H and O–H groups in total. The minimum Gasteiger partial charge on any atom is -0.303 e. The van der Waals surface area contributed by atoms with Gasteiger partial charge in [-0.05, 0) is 45.0 Å². The van der Waals surface area contributed by atoms with E-state index in [1.165, 1.54) is 64.3 Å². The molecule has 15 heavy (non-hydrogen) atoms. The fraction of sp³-hybridized carbons (Fsp3) is 1.00. The lowest BCUT2D eigenvalue weighted by molar-refractivity contribution is 0.217. The number of hydrogen-bond donors (Lipinski definition) is 1. The van der Waals surface area contributed by atoms with Crippen LogP contribution in [0.3, 0.4) is 0 Å². The number of unbranched alkanes of at least 4 members (excludes halogenated alkanes) is 2. The van der Waals surface area contributed by atoms with Crippen molar-refractivity contribution in [3.05, 3.63) is 0 Å². The largest absolute Gasteiger partial charge is 0.303 e. The summed E-state index contributed by atoms with van der Waals surface area (Å²) >= 11 is 4.25. The number of nitrogens with zero attached hydrogens (tertiary/aromatic N) is 1. The molecule has 1 rings (SSSR count). The highest BCUT2D eigenvalue weighted by Gasteiger charge is 2.15. The fourth-order valence-corrected chi connectivity index (χ4v) is 2.75. The highest BCUT2D eigenvalue weighted by molar-refractivity contribution is 7.80. The van der Waals surface area contributed by atoms with Gasteiger partial charge in [-0.25, -0.2) is 0 Å². The highest BCUT2D eigenvalue weighted by Crippen LogP contribution is 2.21. The van der Waals surface area contributed by atoms with Gasteiger partial charge in [0.15, 0.2) is 0 Å². The van der Waals surface area contributed by atoms with E-state index in [1.54, 1.807) is 0 Å². The number of rotatable bonds is 6. The van der Waals surface area contributed by atoms with Crippen molar-refractivity contribution >= 4 is 12.6 Å². The van der Waals surface area contributed by atoms with Gasteiger partial charge in [0.2, 0.25) is 0 Å². The maximum atomic E-state index is 4.25. The van der Waals surface area contributed by atoms with Gasteiger partial charge in [0, 0.05) is 6.04 Å². The maximum Gasteiger partial charge on any atom is 0.00922 e. The summed E-state index contributed by atoms with van der Waals surface area (Å²) in [5, 5.41) is 0. The second kappa shape index (κ2) is 8.46. The Labute approximate surface area is 101 Å². The normalized spacial score (nSPS) is 19.4. The van der Waals surface area contributed by atoms with E-state index >= 15 is 0 Å². The van der Waals surface area contributed by atoms with E-state index < -0.39 is 0 Å². The van der Waals surface area contributed by atoms with Crippen LogP contribution >= 0.6 is 12.6 Å². The average molecular weight is 229 g/mol. The minimum atomic E-state index is 0.878. The molecule has 0 aliphatic heterocycles. The summed E-state index contributed by atoms with van der Waals surface area (Å²) in [6.45, 7) is 1.29. The van der Waals surface area contributed by atoms with Gasteiger partial charge in [-0.3, -0.25) is 0 Å². The summed E-state index contributed by atoms with van der Waals surface area (Å²) < 4.78 is 0. The SMILES string of the molecule is CN(CCCCCS)C1CCCCCC1. The van der Waals surface area contributed by atoms with E-state index in [4.69, 9.17) is 0 Å². The van der Waals surface area contributed by atoms with Crippen molar-refractivity contribution in [2.45, 2.75) is 63.8 Å². The average Bonchev–Trinajstić information content (AvgIpc) is 2.52. The van der Waals surface area contributed by atoms with E-state index in [0.717, 1.165) is 11.8 Å². The van der Waals surface area contributed by atoms with Crippen LogP contribution in [0.2, 0.25) is 0 Å². The van der Waals surface area contributed by atoms with Gasteiger partial charge in [0.05, 0.1) is 0 Å². The van der Waals surface area contributed by atoms with Crippen molar-refractivity contribution in [2.75, 3.05) is 19.3 Å². The van der Waals surface area contributed by atoms with E-state index in [0.29, 0.717) is 0 Å². The first kappa shape index (κ1) is 13.4. The molecule has 0 atom stereocenters. The van der Waals surface area contributed by atoms with E-state index in [9.17, 15) is 0 Å². The molecule has 0 aromatic rings. The van der Waals surface area contributed by atoms with Crippen LogP contribution < -0.4 is 0 Å². The zero-order valence-electron chi connectivity index (χ0n) is 10.2. The second-order valence-corrected chi connectivity index (χ2v) is 5.36. The van der Waals surface area contributed by atoms with Crippen molar-refractivity contribution in [2.24, 2.45) is 0 Å². The van der Waals surface area contributed by atoms with Crippen LogP contribution in [0.15, 0.2) is 0 Å². The van der Waals surface area contributed by atoms with Crippen LogP contribution in [0.1, 0.15) is 57.8 Å². The Morgan fingerprint density at radius 1 is 1.00 bits per heavy atom. The molecule has 0 amide bonds. The quantitative estimate of drug-likeness (QED) is 0.412. The fourth-order valence-electron chi connectivity index (χ4n) is 2.53. The Morgan fingerprint density at radius 3 is 2.27 bits per heavy atom. The third-order valence-electron chi connectivity index (χ3n) is 3.62. The Kier molecular flexibility index (Phi) is 7.54. The third kappa shape index (κ3) is 5.82. The molecule has 1 saturated carbocycles. The summed E-state index contributed by atoms with van der Waals surface area (Å²) in [7, 11) is 2.32. The highest BCUT2D eigenvalue weighted by atomic mass is 32.1. The van der Waals surface area contributed by atoms with Crippen molar-refractivity contribution in [3.8, 4) is 0 Å². The van der Waals surface area contributed by atoms with Crippen LogP contribution in [-0.2, 0) is 0 Å². The van der Waals surface area contributed by atoms with Gasteiger partial charge in [-0.2, -0.15) is 12.6 Å². The summed E-state index contributed by atoms with van der Waals surface area (Å²) in [4.78, 5) is 2.60. The summed E-state index contributed by atoms with van der Waals surface area (Å²) in [5.41, 5.74) is 0. The van der Waals surface area contributed by atoms with E-state index in [1.807, 2.05) is 0 Å². The maximum absolute atomic E-state index is 4.25. The molecule has 0 heterocycles. The molecule has 1 aliphatic carbocycles. The molecule has 0 spiro atoms. The van der Waals surface area contributed by atoms with Crippen molar-refractivity contribution in [1.82, 2.24) is 4.90 Å². The molecule has 0 unspecified atom stereocenters. The molecule has 0 aromatic carbocycles. The van der Waals surface area contributed by atoms with Crippen molar-refractivity contribution < 1.29 is 0 Å². The van der Waals surface area contributed by atoms with Crippen molar-refractivity contribution in [1.29, 1.82) is 0 Å². The van der Waals surface area contributed by atoms with Crippen molar-refractivity contribution in [3.63, 3.8) is 0 Å². The molecular formula is C13H27NS. The monoisotopic (exact) mass is 229 g/mol. The molecule has 90 valence electrons. The van der Waals surface area contributed by atoms with Gasteiger partial charge in [-0.1, -0.05) is 32.1 Å². The Balaban J connectivity index is 2.11. The predicted molar refractivity (Wildman–Crippen MR) is 71.8 cm³/mol. The summed E-state index contributed by atoms with van der Waals surface area (Å²) in [6.07, 6.45) is 12.7. The number of thiol groups is 1. The van der Waals surface area contributed by atoms with Gasteiger partial charge in [0.1, 0.15) is 0 Å². The van der Waals surface area contributed by atoms with Gasteiger partial charge < -0.3 is 4.90 Å². The zero-order chi connectivity index (χ0) is 10.9.